The minimum Gasteiger partial charge on any atom is -0.207 e. The van der Waals surface area contributed by atoms with Gasteiger partial charge in [0.25, 0.3) is 0 Å². The Kier molecular flexibility index (Phi) is 3.43. The molecule has 0 N–H and O–H groups in total. The van der Waals surface area contributed by atoms with E-state index < -0.39 is 11.6 Å². The highest BCUT2D eigenvalue weighted by molar-refractivity contribution is 6.19. The molecule has 0 saturated carbocycles. The van der Waals surface area contributed by atoms with Gasteiger partial charge in [-0.25, -0.2) is 8.78 Å². The Morgan fingerprint density at radius 2 is 2.15 bits per heavy atom. The normalized spacial score (nSPS) is 11.8. The third-order valence-electron chi connectivity index (χ3n) is 1.58. The van der Waals surface area contributed by atoms with E-state index >= 15 is 0 Å². The summed E-state index contributed by atoms with van der Waals surface area (Å²) in [6, 6.07) is 3.46. The quantitative estimate of drug-likeness (QED) is 0.643. The van der Waals surface area contributed by atoms with Gasteiger partial charge in [-0.05, 0) is 19.1 Å². The van der Waals surface area contributed by atoms with Gasteiger partial charge in [-0.3, -0.25) is 0 Å². The van der Waals surface area contributed by atoms with E-state index in [-0.39, 0.29) is 0 Å². The number of alkyl halides is 1. The molecule has 0 atom stereocenters. The van der Waals surface area contributed by atoms with Crippen LogP contribution in [-0.4, -0.2) is 5.88 Å². The van der Waals surface area contributed by atoms with Gasteiger partial charge >= 0.3 is 0 Å². The molecule has 1 aromatic rings. The first-order chi connectivity index (χ1) is 6.13. The van der Waals surface area contributed by atoms with Crippen molar-refractivity contribution in [2.75, 3.05) is 5.88 Å². The molecule has 0 nitrogen and oxygen atoms in total. The zero-order valence-electron chi connectivity index (χ0n) is 7.15. The van der Waals surface area contributed by atoms with E-state index in [1.807, 2.05) is 0 Å². The van der Waals surface area contributed by atoms with Crippen LogP contribution in [0.15, 0.2) is 23.8 Å². The molecule has 0 heterocycles. The zero-order valence-corrected chi connectivity index (χ0v) is 7.91. The van der Waals surface area contributed by atoms with Crippen molar-refractivity contribution in [2.45, 2.75) is 6.92 Å². The number of hydrogen-bond donors (Lipinski definition) is 0. The highest BCUT2D eigenvalue weighted by atomic mass is 35.5. The molecule has 1 aromatic carbocycles. The number of halogens is 3. The summed E-state index contributed by atoms with van der Waals surface area (Å²) in [7, 11) is 0. The average Bonchev–Trinajstić information content (AvgIpc) is 2.09. The molecule has 0 saturated heterocycles. The van der Waals surface area contributed by atoms with E-state index in [9.17, 15) is 8.78 Å². The maximum Gasteiger partial charge on any atom is 0.133 e. The minimum absolute atomic E-state index is 0.344. The third-order valence-corrected chi connectivity index (χ3v) is 2.00. The lowest BCUT2D eigenvalue weighted by Gasteiger charge is -1.98. The van der Waals surface area contributed by atoms with Gasteiger partial charge in [0.05, 0.1) is 0 Å². The molecule has 0 aliphatic heterocycles. The average molecular weight is 203 g/mol. The molecule has 0 spiro atoms. The fourth-order valence-corrected chi connectivity index (χ4v) is 1.000. The summed E-state index contributed by atoms with van der Waals surface area (Å²) in [5, 5.41) is 0. The van der Waals surface area contributed by atoms with Crippen LogP contribution in [0.5, 0.6) is 0 Å². The van der Waals surface area contributed by atoms with E-state index in [0.717, 1.165) is 11.6 Å². The van der Waals surface area contributed by atoms with Crippen molar-refractivity contribution in [1.82, 2.24) is 0 Å². The highest BCUT2D eigenvalue weighted by Crippen LogP contribution is 2.13. The Hall–Kier alpha value is -0.890. The van der Waals surface area contributed by atoms with E-state index in [0.29, 0.717) is 11.4 Å². The second-order valence-corrected chi connectivity index (χ2v) is 3.06. The summed E-state index contributed by atoms with van der Waals surface area (Å²) in [5.41, 5.74) is 1.20. The summed E-state index contributed by atoms with van der Waals surface area (Å²) in [5.74, 6) is -0.792. The maximum absolute atomic E-state index is 13.0. The van der Waals surface area contributed by atoms with Crippen LogP contribution in [0.2, 0.25) is 0 Å². The summed E-state index contributed by atoms with van der Waals surface area (Å²) >= 11 is 5.52. The van der Waals surface area contributed by atoms with Gasteiger partial charge in [0.1, 0.15) is 11.6 Å². The fourth-order valence-electron chi connectivity index (χ4n) is 0.923. The molecule has 0 radical (unpaired) electrons. The van der Waals surface area contributed by atoms with Crippen LogP contribution in [-0.2, 0) is 0 Å². The van der Waals surface area contributed by atoms with Gasteiger partial charge in [0, 0.05) is 17.5 Å². The Balaban J connectivity index is 3.03. The van der Waals surface area contributed by atoms with Crippen molar-refractivity contribution < 1.29 is 8.78 Å². The lowest BCUT2D eigenvalue weighted by Crippen LogP contribution is -1.86. The van der Waals surface area contributed by atoms with Crippen molar-refractivity contribution in [3.05, 3.63) is 41.0 Å². The van der Waals surface area contributed by atoms with Crippen LogP contribution in [0, 0.1) is 11.6 Å². The smallest absolute Gasteiger partial charge is 0.133 e. The van der Waals surface area contributed by atoms with Crippen LogP contribution in [0.4, 0.5) is 8.78 Å². The van der Waals surface area contributed by atoms with Crippen LogP contribution in [0.3, 0.4) is 0 Å². The summed E-state index contributed by atoms with van der Waals surface area (Å²) in [6.07, 6.45) is 1.60. The number of benzene rings is 1. The topological polar surface area (TPSA) is 0 Å². The third kappa shape index (κ3) is 2.81. The van der Waals surface area contributed by atoms with E-state index in [1.54, 1.807) is 13.0 Å². The van der Waals surface area contributed by atoms with Gasteiger partial charge in [-0.15, -0.1) is 11.6 Å². The van der Waals surface area contributed by atoms with E-state index in [2.05, 4.69) is 0 Å². The lowest BCUT2D eigenvalue weighted by molar-refractivity contribution is 0.581. The van der Waals surface area contributed by atoms with Crippen molar-refractivity contribution in [1.29, 1.82) is 0 Å². The fraction of sp³-hybridized carbons (Fsp3) is 0.200. The lowest BCUT2D eigenvalue weighted by atomic mass is 10.1. The largest absolute Gasteiger partial charge is 0.207 e. The molecule has 0 aliphatic carbocycles. The standard InChI is InChI=1S/C10H9ClF2/c1-7(6-11)4-8-2-3-9(12)5-10(8)13/h2-5H,6H2,1H3. The molecule has 3 heteroatoms. The molecule has 0 unspecified atom stereocenters. The van der Waals surface area contributed by atoms with Gasteiger partial charge < -0.3 is 0 Å². The second-order valence-electron chi connectivity index (χ2n) is 2.79. The Morgan fingerprint density at radius 3 is 2.69 bits per heavy atom. The Bertz CT molecular complexity index is 332. The molecule has 0 bridgehead atoms. The van der Waals surface area contributed by atoms with Crippen LogP contribution in [0.1, 0.15) is 12.5 Å². The monoisotopic (exact) mass is 202 g/mol. The molecule has 0 amide bonds. The summed E-state index contributed by atoms with van der Waals surface area (Å²) < 4.78 is 25.5. The van der Waals surface area contributed by atoms with Gasteiger partial charge in [0.15, 0.2) is 0 Å². The zero-order chi connectivity index (χ0) is 9.84. The Morgan fingerprint density at radius 1 is 1.46 bits per heavy atom. The molecule has 0 aliphatic rings. The van der Waals surface area contributed by atoms with Crippen molar-refractivity contribution >= 4 is 17.7 Å². The van der Waals surface area contributed by atoms with Gasteiger partial charge in [0.2, 0.25) is 0 Å². The molecule has 0 aromatic heterocycles. The summed E-state index contributed by atoms with van der Waals surface area (Å²) in [4.78, 5) is 0. The van der Waals surface area contributed by atoms with Gasteiger partial charge in [-0.2, -0.15) is 0 Å². The number of allylic oxidation sites excluding steroid dienone is 1. The summed E-state index contributed by atoms with van der Waals surface area (Å²) in [6.45, 7) is 1.79. The maximum atomic E-state index is 13.0. The first kappa shape index (κ1) is 10.2. The van der Waals surface area contributed by atoms with Crippen LogP contribution in [0.25, 0.3) is 6.08 Å². The number of rotatable bonds is 2. The van der Waals surface area contributed by atoms with Crippen molar-refractivity contribution in [2.24, 2.45) is 0 Å². The molecular weight excluding hydrogens is 194 g/mol. The van der Waals surface area contributed by atoms with E-state index in [4.69, 9.17) is 11.6 Å². The number of hydrogen-bond acceptors (Lipinski definition) is 0. The first-order valence-electron chi connectivity index (χ1n) is 3.81. The highest BCUT2D eigenvalue weighted by Gasteiger charge is 2.00. The van der Waals surface area contributed by atoms with Crippen molar-refractivity contribution in [3.8, 4) is 0 Å². The predicted molar refractivity (Wildman–Crippen MR) is 50.7 cm³/mol. The Labute approximate surface area is 80.8 Å². The van der Waals surface area contributed by atoms with Gasteiger partial charge in [-0.1, -0.05) is 11.6 Å². The molecule has 0 fully saturated rings. The van der Waals surface area contributed by atoms with Crippen molar-refractivity contribution in [3.63, 3.8) is 0 Å². The predicted octanol–water partition coefficient (Wildman–Crippen LogP) is 3.61. The van der Waals surface area contributed by atoms with Crippen LogP contribution >= 0.6 is 11.6 Å². The molecular formula is C10H9ClF2. The molecule has 13 heavy (non-hydrogen) atoms. The first-order valence-corrected chi connectivity index (χ1v) is 4.35. The second kappa shape index (κ2) is 4.38. The minimum atomic E-state index is -0.571. The SMILES string of the molecule is CC(=Cc1ccc(F)cc1F)CCl. The molecule has 70 valence electrons. The van der Waals surface area contributed by atoms with Crippen LogP contribution < -0.4 is 0 Å². The van der Waals surface area contributed by atoms with E-state index in [1.165, 1.54) is 12.1 Å². The molecule has 1 rings (SSSR count).